The van der Waals surface area contributed by atoms with E-state index >= 15 is 0 Å². The lowest BCUT2D eigenvalue weighted by Gasteiger charge is -2.02. The normalized spacial score (nSPS) is 11.0. The van der Waals surface area contributed by atoms with Crippen molar-refractivity contribution in [1.29, 1.82) is 0 Å². The van der Waals surface area contributed by atoms with Crippen LogP contribution >= 0.6 is 0 Å². The molecule has 1 heterocycles. The first kappa shape index (κ1) is 10.7. The smallest absolute Gasteiger partial charge is 0.352 e. The Bertz CT molecular complexity index is 549. The van der Waals surface area contributed by atoms with Crippen LogP contribution in [0.1, 0.15) is 27.2 Å². The van der Waals surface area contributed by atoms with E-state index < -0.39 is 5.97 Å². The Morgan fingerprint density at radius 3 is 2.31 bits per heavy atom. The lowest BCUT2D eigenvalue weighted by atomic mass is 10.1. The second kappa shape index (κ2) is 3.37. The van der Waals surface area contributed by atoms with Gasteiger partial charge in [-0.2, -0.15) is 0 Å². The highest BCUT2D eigenvalue weighted by molar-refractivity contribution is 5.98. The molecule has 0 aliphatic heterocycles. The fraction of sp³-hybridized carbons (Fsp3) is 0.308. The zero-order chi connectivity index (χ0) is 12.0. The third-order valence-corrected chi connectivity index (χ3v) is 3.27. The maximum absolute atomic E-state index is 11.2. The van der Waals surface area contributed by atoms with Crippen molar-refractivity contribution < 1.29 is 9.90 Å². The monoisotopic (exact) mass is 217 g/mol. The summed E-state index contributed by atoms with van der Waals surface area (Å²) in [5, 5.41) is 10.2. The van der Waals surface area contributed by atoms with Crippen molar-refractivity contribution in [2.45, 2.75) is 20.8 Å². The van der Waals surface area contributed by atoms with Gasteiger partial charge in [-0.3, -0.25) is 0 Å². The van der Waals surface area contributed by atoms with Gasteiger partial charge in [-0.15, -0.1) is 0 Å². The molecule has 0 aliphatic rings. The van der Waals surface area contributed by atoms with Crippen LogP contribution < -0.4 is 0 Å². The Balaban J connectivity index is 2.94. The molecule has 0 saturated heterocycles. The molecule has 0 atom stereocenters. The summed E-state index contributed by atoms with van der Waals surface area (Å²) in [6.07, 6.45) is 0. The Hall–Kier alpha value is -1.77. The first-order chi connectivity index (χ1) is 7.43. The molecule has 3 nitrogen and oxygen atoms in total. The SMILES string of the molecule is Cc1cc2c(C)c(C(=O)O)n(C)c2cc1C. The van der Waals surface area contributed by atoms with Gasteiger partial charge < -0.3 is 9.67 Å². The van der Waals surface area contributed by atoms with Crippen molar-refractivity contribution in [3.8, 4) is 0 Å². The van der Waals surface area contributed by atoms with Crippen LogP contribution in [0.2, 0.25) is 0 Å². The van der Waals surface area contributed by atoms with Crippen LogP contribution in [0.3, 0.4) is 0 Å². The largest absolute Gasteiger partial charge is 0.477 e. The molecule has 2 aromatic rings. The van der Waals surface area contributed by atoms with E-state index in [-0.39, 0.29) is 0 Å². The fourth-order valence-corrected chi connectivity index (χ4v) is 2.18. The molecular weight excluding hydrogens is 202 g/mol. The summed E-state index contributed by atoms with van der Waals surface area (Å²) in [6, 6.07) is 4.11. The predicted molar refractivity (Wildman–Crippen MR) is 64.1 cm³/mol. The van der Waals surface area contributed by atoms with Crippen molar-refractivity contribution in [2.24, 2.45) is 7.05 Å². The number of benzene rings is 1. The summed E-state index contributed by atoms with van der Waals surface area (Å²) in [7, 11) is 1.80. The lowest BCUT2D eigenvalue weighted by molar-refractivity contribution is 0.0686. The number of carbonyl (C=O) groups is 1. The molecule has 0 bridgehead atoms. The number of aryl methyl sites for hydroxylation is 4. The van der Waals surface area contributed by atoms with Crippen molar-refractivity contribution in [3.05, 3.63) is 34.5 Å². The molecule has 0 saturated carbocycles. The third-order valence-electron chi connectivity index (χ3n) is 3.27. The Kier molecular flexibility index (Phi) is 2.26. The van der Waals surface area contributed by atoms with Crippen LogP contribution in [0.4, 0.5) is 0 Å². The number of rotatable bonds is 1. The van der Waals surface area contributed by atoms with Gasteiger partial charge in [-0.05, 0) is 49.6 Å². The molecule has 84 valence electrons. The van der Waals surface area contributed by atoms with Crippen LogP contribution in [0, 0.1) is 20.8 Å². The minimum atomic E-state index is -0.869. The van der Waals surface area contributed by atoms with Gasteiger partial charge in [-0.1, -0.05) is 0 Å². The van der Waals surface area contributed by atoms with E-state index in [1.165, 1.54) is 11.1 Å². The summed E-state index contributed by atoms with van der Waals surface area (Å²) >= 11 is 0. The Morgan fingerprint density at radius 2 is 1.75 bits per heavy atom. The van der Waals surface area contributed by atoms with Crippen LogP contribution in [-0.4, -0.2) is 15.6 Å². The van der Waals surface area contributed by atoms with E-state index in [9.17, 15) is 4.79 Å². The van der Waals surface area contributed by atoms with E-state index in [0.717, 1.165) is 16.5 Å². The topological polar surface area (TPSA) is 42.2 Å². The molecule has 1 N–H and O–H groups in total. The number of carboxylic acid groups (broad SMARTS) is 1. The Labute approximate surface area is 94.3 Å². The number of carboxylic acids is 1. The molecule has 0 unspecified atom stereocenters. The second-order valence-electron chi connectivity index (χ2n) is 4.29. The number of hydrogen-bond donors (Lipinski definition) is 1. The zero-order valence-electron chi connectivity index (χ0n) is 9.96. The van der Waals surface area contributed by atoms with Crippen LogP contribution in [0.25, 0.3) is 10.9 Å². The average Bonchev–Trinajstić information content (AvgIpc) is 2.41. The maximum Gasteiger partial charge on any atom is 0.352 e. The van der Waals surface area contributed by atoms with E-state index in [4.69, 9.17) is 5.11 Å². The van der Waals surface area contributed by atoms with E-state index in [1.807, 2.05) is 26.8 Å². The molecule has 0 radical (unpaired) electrons. The predicted octanol–water partition coefficient (Wildman–Crippen LogP) is 2.80. The highest BCUT2D eigenvalue weighted by atomic mass is 16.4. The van der Waals surface area contributed by atoms with Crippen LogP contribution in [-0.2, 0) is 7.05 Å². The first-order valence-corrected chi connectivity index (χ1v) is 5.23. The molecular formula is C13H15NO2. The number of aromatic carboxylic acids is 1. The van der Waals surface area contributed by atoms with Gasteiger partial charge in [0.25, 0.3) is 0 Å². The number of nitrogens with zero attached hydrogens (tertiary/aromatic N) is 1. The zero-order valence-corrected chi connectivity index (χ0v) is 9.96. The Morgan fingerprint density at radius 1 is 1.19 bits per heavy atom. The molecule has 0 fully saturated rings. The standard InChI is InChI=1S/C13H15NO2/c1-7-5-10-9(3)12(13(15)16)14(4)11(10)6-8(7)2/h5-6H,1-4H3,(H,15,16). The highest BCUT2D eigenvalue weighted by Gasteiger charge is 2.17. The van der Waals surface area contributed by atoms with Crippen LogP contribution in [0.15, 0.2) is 12.1 Å². The summed E-state index contributed by atoms with van der Waals surface area (Å²) in [5.74, 6) is -0.869. The fourth-order valence-electron chi connectivity index (χ4n) is 2.18. The summed E-state index contributed by atoms with van der Waals surface area (Å²) in [4.78, 5) is 11.2. The quantitative estimate of drug-likeness (QED) is 0.798. The van der Waals surface area contributed by atoms with E-state index in [0.29, 0.717) is 5.69 Å². The van der Waals surface area contributed by atoms with Gasteiger partial charge in [0.2, 0.25) is 0 Å². The van der Waals surface area contributed by atoms with E-state index in [2.05, 4.69) is 6.07 Å². The average molecular weight is 217 g/mol. The molecule has 1 aromatic carbocycles. The van der Waals surface area contributed by atoms with Gasteiger partial charge in [0.1, 0.15) is 5.69 Å². The van der Waals surface area contributed by atoms with Gasteiger partial charge in [0, 0.05) is 18.0 Å². The summed E-state index contributed by atoms with van der Waals surface area (Å²) < 4.78 is 1.75. The highest BCUT2D eigenvalue weighted by Crippen LogP contribution is 2.27. The third kappa shape index (κ3) is 1.32. The van der Waals surface area contributed by atoms with Crippen molar-refractivity contribution in [2.75, 3.05) is 0 Å². The van der Waals surface area contributed by atoms with Gasteiger partial charge >= 0.3 is 5.97 Å². The molecule has 1 aromatic heterocycles. The molecule has 0 amide bonds. The molecule has 0 spiro atoms. The molecule has 2 rings (SSSR count). The van der Waals surface area contributed by atoms with Gasteiger partial charge in [0.05, 0.1) is 0 Å². The number of aromatic nitrogens is 1. The van der Waals surface area contributed by atoms with Gasteiger partial charge in [-0.25, -0.2) is 4.79 Å². The number of fused-ring (bicyclic) bond motifs is 1. The molecule has 16 heavy (non-hydrogen) atoms. The maximum atomic E-state index is 11.2. The lowest BCUT2D eigenvalue weighted by Crippen LogP contribution is -2.05. The van der Waals surface area contributed by atoms with Crippen molar-refractivity contribution in [3.63, 3.8) is 0 Å². The van der Waals surface area contributed by atoms with Crippen LogP contribution in [0.5, 0.6) is 0 Å². The first-order valence-electron chi connectivity index (χ1n) is 5.23. The minimum absolute atomic E-state index is 0.375. The van der Waals surface area contributed by atoms with E-state index in [1.54, 1.807) is 11.6 Å². The number of hydrogen-bond acceptors (Lipinski definition) is 1. The summed E-state index contributed by atoms with van der Waals surface area (Å²) in [6.45, 7) is 5.94. The van der Waals surface area contributed by atoms with Crippen molar-refractivity contribution in [1.82, 2.24) is 4.57 Å². The molecule has 0 aliphatic carbocycles. The second-order valence-corrected chi connectivity index (χ2v) is 4.29. The summed E-state index contributed by atoms with van der Waals surface area (Å²) in [5.41, 5.74) is 4.58. The minimum Gasteiger partial charge on any atom is -0.477 e. The van der Waals surface area contributed by atoms with Gasteiger partial charge in [0.15, 0.2) is 0 Å². The van der Waals surface area contributed by atoms with Crippen molar-refractivity contribution >= 4 is 16.9 Å². The molecule has 3 heteroatoms.